The van der Waals surface area contributed by atoms with Crippen molar-refractivity contribution in [3.8, 4) is 0 Å². The van der Waals surface area contributed by atoms with Crippen molar-refractivity contribution in [1.82, 2.24) is 0 Å². The monoisotopic (exact) mass is 408 g/mol. The minimum Gasteiger partial charge on any atom is -0.394 e. The van der Waals surface area contributed by atoms with E-state index < -0.39 is 67.0 Å². The van der Waals surface area contributed by atoms with Crippen molar-refractivity contribution in [3.63, 3.8) is 0 Å². The average Bonchev–Trinajstić information content (AvgIpc) is 2.54. The molecule has 2 saturated heterocycles. The molecule has 0 spiro atoms. The van der Waals surface area contributed by atoms with Crippen LogP contribution in [-0.2, 0) is 23.7 Å². The van der Waals surface area contributed by atoms with Crippen LogP contribution in [0.4, 0.5) is 0 Å². The Hall–Kier alpha value is -0.360. The largest absolute Gasteiger partial charge is 0.394 e. The predicted octanol–water partition coefficient (Wildman–Crippen LogP) is -0.0833. The third-order valence-corrected chi connectivity index (χ3v) is 4.41. The molecule has 0 aromatic rings. The minimum absolute atomic E-state index is 0.0380. The van der Waals surface area contributed by atoms with Gasteiger partial charge in [-0.05, 0) is 41.5 Å². The molecule has 2 fully saturated rings. The first-order valence-corrected chi connectivity index (χ1v) is 9.74. The third-order valence-electron chi connectivity index (χ3n) is 4.41. The van der Waals surface area contributed by atoms with Crippen molar-refractivity contribution in [1.29, 1.82) is 0 Å². The highest BCUT2D eigenvalue weighted by Crippen LogP contribution is 2.30. The third kappa shape index (κ3) is 6.58. The molecule has 0 amide bonds. The molecule has 2 aliphatic heterocycles. The fraction of sp³-hybridized carbons (Fsp3) is 1.00. The summed E-state index contributed by atoms with van der Waals surface area (Å²) >= 11 is 0. The van der Waals surface area contributed by atoms with E-state index in [4.69, 9.17) is 23.7 Å². The second kappa shape index (κ2) is 9.20. The van der Waals surface area contributed by atoms with Crippen LogP contribution < -0.4 is 0 Å². The van der Waals surface area contributed by atoms with E-state index in [2.05, 4.69) is 0 Å². The lowest BCUT2D eigenvalue weighted by Crippen LogP contribution is -2.62. The normalized spacial score (nSPS) is 40.5. The Morgan fingerprint density at radius 2 is 1.54 bits per heavy atom. The van der Waals surface area contributed by atoms with E-state index in [0.717, 1.165) is 0 Å². The zero-order valence-corrected chi connectivity index (χ0v) is 17.6. The van der Waals surface area contributed by atoms with E-state index in [1.54, 1.807) is 20.8 Å². The molecule has 0 saturated carbocycles. The van der Waals surface area contributed by atoms with E-state index in [-0.39, 0.29) is 13.0 Å². The van der Waals surface area contributed by atoms with Gasteiger partial charge in [0.2, 0.25) is 0 Å². The molecule has 166 valence electrons. The first kappa shape index (κ1) is 23.9. The summed E-state index contributed by atoms with van der Waals surface area (Å²) in [5, 5.41) is 40.9. The molecule has 0 aromatic carbocycles. The van der Waals surface area contributed by atoms with Gasteiger partial charge in [-0.3, -0.25) is 0 Å². The Balaban J connectivity index is 1.97. The maximum atomic E-state index is 10.5. The van der Waals surface area contributed by atoms with Gasteiger partial charge < -0.3 is 44.1 Å². The quantitative estimate of drug-likeness (QED) is 0.494. The standard InChI is InChI=1S/C19H36O9/c1-18(2,3)27-13-7-10(21)12(9-24-13)26-17-15(23)14(22)16(11(8-20)25-17)28-19(4,5)6/h10-17,20-23H,7-9H2,1-6H3. The minimum atomic E-state index is -1.41. The number of hydrogen-bond acceptors (Lipinski definition) is 9. The summed E-state index contributed by atoms with van der Waals surface area (Å²) in [5.41, 5.74) is -1.02. The van der Waals surface area contributed by atoms with Gasteiger partial charge in [-0.2, -0.15) is 0 Å². The molecule has 0 aromatic heterocycles. The first-order valence-electron chi connectivity index (χ1n) is 9.74. The summed E-state index contributed by atoms with van der Waals surface area (Å²) in [7, 11) is 0. The Kier molecular flexibility index (Phi) is 7.85. The van der Waals surface area contributed by atoms with Crippen LogP contribution in [0, 0.1) is 0 Å². The van der Waals surface area contributed by atoms with Crippen LogP contribution in [0.2, 0.25) is 0 Å². The van der Waals surface area contributed by atoms with Gasteiger partial charge in [0.05, 0.1) is 30.5 Å². The summed E-state index contributed by atoms with van der Waals surface area (Å²) in [5.74, 6) is 0. The maximum Gasteiger partial charge on any atom is 0.187 e. The summed E-state index contributed by atoms with van der Waals surface area (Å²) in [4.78, 5) is 0. The molecule has 9 nitrogen and oxygen atoms in total. The Labute approximate surface area is 166 Å². The van der Waals surface area contributed by atoms with Crippen LogP contribution in [0.5, 0.6) is 0 Å². The van der Waals surface area contributed by atoms with Crippen molar-refractivity contribution in [3.05, 3.63) is 0 Å². The molecule has 2 aliphatic rings. The number of aliphatic hydroxyl groups is 4. The van der Waals surface area contributed by atoms with Gasteiger partial charge in [-0.1, -0.05) is 0 Å². The van der Waals surface area contributed by atoms with Crippen LogP contribution in [0.25, 0.3) is 0 Å². The molecular weight excluding hydrogens is 372 g/mol. The fourth-order valence-electron chi connectivity index (χ4n) is 3.23. The summed E-state index contributed by atoms with van der Waals surface area (Å²) in [6.45, 7) is 10.7. The Morgan fingerprint density at radius 1 is 0.929 bits per heavy atom. The molecule has 2 rings (SSSR count). The van der Waals surface area contributed by atoms with Gasteiger partial charge in [-0.15, -0.1) is 0 Å². The molecule has 8 unspecified atom stereocenters. The molecule has 0 radical (unpaired) electrons. The Bertz CT molecular complexity index is 485. The summed E-state index contributed by atoms with van der Waals surface area (Å²) in [6, 6.07) is 0. The first-order chi connectivity index (χ1) is 12.8. The van der Waals surface area contributed by atoms with Crippen molar-refractivity contribution in [2.75, 3.05) is 13.2 Å². The van der Waals surface area contributed by atoms with E-state index >= 15 is 0 Å². The van der Waals surface area contributed by atoms with Gasteiger partial charge in [0.1, 0.15) is 30.5 Å². The van der Waals surface area contributed by atoms with Crippen LogP contribution in [0.3, 0.4) is 0 Å². The van der Waals surface area contributed by atoms with Crippen LogP contribution in [-0.4, -0.2) is 94.0 Å². The number of aliphatic hydroxyl groups excluding tert-OH is 4. The molecule has 9 heteroatoms. The lowest BCUT2D eigenvalue weighted by Gasteiger charge is -2.45. The van der Waals surface area contributed by atoms with Gasteiger partial charge in [-0.25, -0.2) is 0 Å². The Morgan fingerprint density at radius 3 is 2.04 bits per heavy atom. The van der Waals surface area contributed by atoms with Crippen molar-refractivity contribution in [2.45, 2.75) is 108 Å². The summed E-state index contributed by atoms with van der Waals surface area (Å²) in [6.07, 6.45) is -7.82. The van der Waals surface area contributed by atoms with Crippen molar-refractivity contribution < 1.29 is 44.1 Å². The van der Waals surface area contributed by atoms with E-state index in [1.165, 1.54) is 0 Å². The maximum absolute atomic E-state index is 10.5. The zero-order valence-electron chi connectivity index (χ0n) is 17.6. The fourth-order valence-corrected chi connectivity index (χ4v) is 3.23. The molecular formula is C19H36O9. The highest BCUT2D eigenvalue weighted by atomic mass is 16.7. The SMILES string of the molecule is CC(C)(C)OC1CC(O)C(OC2OC(CO)C(OC(C)(C)C)C(O)C2O)CO1. The predicted molar refractivity (Wildman–Crippen MR) is 98.5 cm³/mol. The van der Waals surface area contributed by atoms with Crippen LogP contribution >= 0.6 is 0 Å². The lowest BCUT2D eigenvalue weighted by atomic mass is 9.97. The van der Waals surface area contributed by atoms with Crippen LogP contribution in [0.1, 0.15) is 48.0 Å². The lowest BCUT2D eigenvalue weighted by molar-refractivity contribution is -0.344. The molecule has 2 heterocycles. The second-order valence-corrected chi connectivity index (χ2v) is 9.37. The van der Waals surface area contributed by atoms with E-state index in [1.807, 2.05) is 20.8 Å². The van der Waals surface area contributed by atoms with Gasteiger partial charge in [0, 0.05) is 6.42 Å². The summed E-state index contributed by atoms with van der Waals surface area (Å²) < 4.78 is 28.4. The van der Waals surface area contributed by atoms with Gasteiger partial charge >= 0.3 is 0 Å². The van der Waals surface area contributed by atoms with Crippen molar-refractivity contribution >= 4 is 0 Å². The van der Waals surface area contributed by atoms with Crippen LogP contribution in [0.15, 0.2) is 0 Å². The second-order valence-electron chi connectivity index (χ2n) is 9.37. The number of rotatable bonds is 5. The highest BCUT2D eigenvalue weighted by Gasteiger charge is 2.48. The average molecular weight is 408 g/mol. The number of hydrogen-bond donors (Lipinski definition) is 4. The highest BCUT2D eigenvalue weighted by molar-refractivity contribution is 4.92. The molecule has 4 N–H and O–H groups in total. The molecule has 0 aliphatic carbocycles. The molecule has 8 atom stereocenters. The topological polar surface area (TPSA) is 127 Å². The smallest absolute Gasteiger partial charge is 0.187 e. The van der Waals surface area contributed by atoms with Gasteiger partial charge in [0.15, 0.2) is 12.6 Å². The zero-order chi connectivity index (χ0) is 21.3. The molecule has 0 bridgehead atoms. The molecule has 28 heavy (non-hydrogen) atoms. The van der Waals surface area contributed by atoms with Crippen molar-refractivity contribution in [2.24, 2.45) is 0 Å². The number of ether oxygens (including phenoxy) is 5. The van der Waals surface area contributed by atoms with E-state index in [9.17, 15) is 20.4 Å². The van der Waals surface area contributed by atoms with Gasteiger partial charge in [0.25, 0.3) is 0 Å². The van der Waals surface area contributed by atoms with E-state index in [0.29, 0.717) is 0 Å².